The van der Waals surface area contributed by atoms with Gasteiger partial charge in [0.05, 0.1) is 4.92 Å². The van der Waals surface area contributed by atoms with Crippen LogP contribution in [0.1, 0.15) is 5.69 Å². The highest BCUT2D eigenvalue weighted by atomic mass is 16.6. The number of nitrogens with zero attached hydrogens (tertiary/aromatic N) is 6. The molecular weight excluding hydrogens is 324 g/mol. The highest BCUT2D eigenvalue weighted by molar-refractivity contribution is 5.72. The minimum atomic E-state index is -0.490. The molecule has 2 N–H and O–H groups in total. The van der Waals surface area contributed by atoms with Gasteiger partial charge in [-0.1, -0.05) is 6.07 Å². The lowest BCUT2D eigenvalue weighted by Crippen LogP contribution is -2.47. The van der Waals surface area contributed by atoms with E-state index in [0.29, 0.717) is 5.82 Å². The van der Waals surface area contributed by atoms with Crippen LogP contribution >= 0.6 is 0 Å². The second-order valence-corrected chi connectivity index (χ2v) is 5.87. The zero-order valence-electron chi connectivity index (χ0n) is 14.1. The van der Waals surface area contributed by atoms with Gasteiger partial charge in [0.15, 0.2) is 0 Å². The van der Waals surface area contributed by atoms with Crippen LogP contribution in [0.4, 0.5) is 23.1 Å². The maximum Gasteiger partial charge on any atom is 0.354 e. The SMILES string of the molecule is Cc1cccc(Nc2ncnc(NN3CCN(C)CC3)c2[N+](=O)[O-])n1. The molecule has 2 aromatic heterocycles. The summed E-state index contributed by atoms with van der Waals surface area (Å²) in [4.78, 5) is 25.7. The first-order chi connectivity index (χ1) is 12.0. The fourth-order valence-electron chi connectivity index (χ4n) is 2.53. The summed E-state index contributed by atoms with van der Waals surface area (Å²) in [5, 5.41) is 16.4. The largest absolute Gasteiger partial charge is 0.354 e. The molecule has 25 heavy (non-hydrogen) atoms. The Balaban J connectivity index is 1.85. The van der Waals surface area contributed by atoms with E-state index in [1.54, 1.807) is 6.07 Å². The zero-order chi connectivity index (χ0) is 17.8. The van der Waals surface area contributed by atoms with E-state index in [4.69, 9.17) is 0 Å². The standard InChI is InChI=1S/C15H20N8O2/c1-11-4-3-5-12(18-11)19-14-13(23(24)25)15(17-10-16-14)20-22-8-6-21(2)7-9-22/h3-5,10H,6-9H2,1-2H3,(H2,16,17,18,19,20). The first-order valence-electron chi connectivity index (χ1n) is 7.93. The molecule has 1 saturated heterocycles. The summed E-state index contributed by atoms with van der Waals surface area (Å²) < 4.78 is 0. The van der Waals surface area contributed by atoms with Crippen LogP contribution in [0.3, 0.4) is 0 Å². The zero-order valence-corrected chi connectivity index (χ0v) is 14.1. The fourth-order valence-corrected chi connectivity index (χ4v) is 2.53. The lowest BCUT2D eigenvalue weighted by Gasteiger charge is -2.32. The second kappa shape index (κ2) is 7.36. The quantitative estimate of drug-likeness (QED) is 0.614. The number of piperazine rings is 1. The summed E-state index contributed by atoms with van der Waals surface area (Å²) in [6.07, 6.45) is 1.30. The molecular formula is C15H20N8O2. The summed E-state index contributed by atoms with van der Waals surface area (Å²) in [6.45, 7) is 5.11. The number of pyridine rings is 1. The van der Waals surface area contributed by atoms with Gasteiger partial charge in [-0.15, -0.1) is 0 Å². The minimum absolute atomic E-state index is 0.106. The van der Waals surface area contributed by atoms with E-state index < -0.39 is 4.92 Å². The van der Waals surface area contributed by atoms with Crippen molar-refractivity contribution in [3.8, 4) is 0 Å². The number of anilines is 3. The van der Waals surface area contributed by atoms with Crippen molar-refractivity contribution in [3.63, 3.8) is 0 Å². The van der Waals surface area contributed by atoms with E-state index in [1.807, 2.05) is 31.1 Å². The topological polar surface area (TPSA) is 112 Å². The van der Waals surface area contributed by atoms with Crippen LogP contribution in [-0.2, 0) is 0 Å². The first-order valence-corrected chi connectivity index (χ1v) is 7.93. The molecule has 2 aromatic rings. The van der Waals surface area contributed by atoms with Gasteiger partial charge in [-0.2, -0.15) is 0 Å². The monoisotopic (exact) mass is 344 g/mol. The Morgan fingerprint density at radius 1 is 1.16 bits per heavy atom. The number of aromatic nitrogens is 3. The molecule has 3 rings (SSSR count). The van der Waals surface area contributed by atoms with Crippen LogP contribution in [-0.4, -0.2) is 63.0 Å². The molecule has 132 valence electrons. The molecule has 0 unspecified atom stereocenters. The van der Waals surface area contributed by atoms with Crippen molar-refractivity contribution in [1.29, 1.82) is 0 Å². The average molecular weight is 344 g/mol. The van der Waals surface area contributed by atoms with Crippen LogP contribution in [0.15, 0.2) is 24.5 Å². The van der Waals surface area contributed by atoms with E-state index in [1.165, 1.54) is 6.33 Å². The Labute approximate surface area is 145 Å². The molecule has 1 aliphatic rings. The minimum Gasteiger partial charge on any atom is -0.319 e. The van der Waals surface area contributed by atoms with Crippen molar-refractivity contribution in [3.05, 3.63) is 40.3 Å². The van der Waals surface area contributed by atoms with Crippen LogP contribution in [0.5, 0.6) is 0 Å². The molecule has 1 fully saturated rings. The van der Waals surface area contributed by atoms with Crippen molar-refractivity contribution < 1.29 is 4.92 Å². The summed E-state index contributed by atoms with van der Waals surface area (Å²) in [5.74, 6) is 0.766. The average Bonchev–Trinajstić information content (AvgIpc) is 2.57. The van der Waals surface area contributed by atoms with Gasteiger partial charge in [-0.3, -0.25) is 15.5 Å². The maximum atomic E-state index is 11.6. The lowest BCUT2D eigenvalue weighted by molar-refractivity contribution is -0.383. The Bertz CT molecular complexity index is 761. The van der Waals surface area contributed by atoms with E-state index in [2.05, 4.69) is 30.6 Å². The Morgan fingerprint density at radius 3 is 2.56 bits per heavy atom. The van der Waals surface area contributed by atoms with Crippen molar-refractivity contribution >= 4 is 23.1 Å². The van der Waals surface area contributed by atoms with Gasteiger partial charge in [0.25, 0.3) is 0 Å². The third kappa shape index (κ3) is 4.17. The first kappa shape index (κ1) is 17.0. The van der Waals surface area contributed by atoms with Gasteiger partial charge in [-0.05, 0) is 26.1 Å². The third-order valence-corrected chi connectivity index (χ3v) is 3.91. The smallest absolute Gasteiger partial charge is 0.319 e. The Morgan fingerprint density at radius 2 is 1.88 bits per heavy atom. The predicted octanol–water partition coefficient (Wildman–Crippen LogP) is 1.41. The number of hydrogen-bond acceptors (Lipinski definition) is 9. The molecule has 10 nitrogen and oxygen atoms in total. The van der Waals surface area contributed by atoms with Crippen molar-refractivity contribution in [2.45, 2.75) is 6.92 Å². The molecule has 3 heterocycles. The van der Waals surface area contributed by atoms with Crippen molar-refractivity contribution in [1.82, 2.24) is 24.9 Å². The fraction of sp³-hybridized carbons (Fsp3) is 0.400. The molecule has 0 bridgehead atoms. The van der Waals surface area contributed by atoms with Crippen LogP contribution in [0.25, 0.3) is 0 Å². The molecule has 0 aromatic carbocycles. The summed E-state index contributed by atoms with van der Waals surface area (Å²) in [6, 6.07) is 5.40. The predicted molar refractivity (Wildman–Crippen MR) is 93.6 cm³/mol. The van der Waals surface area contributed by atoms with Gasteiger partial charge >= 0.3 is 5.69 Å². The molecule has 0 aliphatic carbocycles. The molecule has 0 amide bonds. The number of aryl methyl sites for hydroxylation is 1. The number of hydrazine groups is 1. The number of likely N-dealkylation sites (N-methyl/N-ethyl adjacent to an activating group) is 1. The van der Waals surface area contributed by atoms with Crippen LogP contribution < -0.4 is 10.7 Å². The molecule has 1 aliphatic heterocycles. The van der Waals surface area contributed by atoms with Crippen molar-refractivity contribution in [2.24, 2.45) is 0 Å². The molecule has 0 atom stereocenters. The van der Waals surface area contributed by atoms with E-state index >= 15 is 0 Å². The van der Waals surface area contributed by atoms with Crippen LogP contribution in [0, 0.1) is 17.0 Å². The summed E-state index contributed by atoms with van der Waals surface area (Å²) >= 11 is 0. The second-order valence-electron chi connectivity index (χ2n) is 5.87. The number of nitro groups is 1. The normalized spacial score (nSPS) is 15.8. The maximum absolute atomic E-state index is 11.6. The lowest BCUT2D eigenvalue weighted by atomic mass is 10.3. The van der Waals surface area contributed by atoms with E-state index in [9.17, 15) is 10.1 Å². The van der Waals surface area contributed by atoms with Gasteiger partial charge in [0.1, 0.15) is 12.1 Å². The highest BCUT2D eigenvalue weighted by Crippen LogP contribution is 2.31. The number of rotatable bonds is 5. The molecule has 10 heteroatoms. The summed E-state index contributed by atoms with van der Waals surface area (Å²) in [7, 11) is 2.04. The molecule has 0 radical (unpaired) electrons. The van der Waals surface area contributed by atoms with Gasteiger partial charge in [-0.25, -0.2) is 20.0 Å². The van der Waals surface area contributed by atoms with Gasteiger partial charge in [0.2, 0.25) is 11.6 Å². The van der Waals surface area contributed by atoms with E-state index in [-0.39, 0.29) is 17.3 Å². The van der Waals surface area contributed by atoms with Gasteiger partial charge in [0, 0.05) is 31.9 Å². The Hall–Kier alpha value is -2.85. The third-order valence-electron chi connectivity index (χ3n) is 3.91. The number of hydrogen-bond donors (Lipinski definition) is 2. The molecule has 0 saturated carbocycles. The highest BCUT2D eigenvalue weighted by Gasteiger charge is 2.25. The van der Waals surface area contributed by atoms with E-state index in [0.717, 1.165) is 31.9 Å². The van der Waals surface area contributed by atoms with Gasteiger partial charge < -0.3 is 10.2 Å². The summed E-state index contributed by atoms with van der Waals surface area (Å²) in [5.41, 5.74) is 3.64. The Kier molecular flexibility index (Phi) is 5.00. The number of nitrogens with one attached hydrogen (secondary N) is 2. The van der Waals surface area contributed by atoms with Crippen molar-refractivity contribution in [2.75, 3.05) is 44.0 Å². The van der Waals surface area contributed by atoms with Crippen LogP contribution in [0.2, 0.25) is 0 Å². The molecule has 0 spiro atoms.